The fourth-order valence-corrected chi connectivity index (χ4v) is 3.35. The molecule has 1 unspecified atom stereocenters. The Morgan fingerprint density at radius 2 is 1.78 bits per heavy atom. The van der Waals surface area contributed by atoms with E-state index in [4.69, 9.17) is 0 Å². The molecule has 1 aliphatic heterocycles. The SMILES string of the molecule is O=C(O)C1Cc2ccccc2CN1C(=O)Cn1nnc2ccccc2c1=O. The summed E-state index contributed by atoms with van der Waals surface area (Å²) < 4.78 is 0.976. The van der Waals surface area contributed by atoms with Crippen LogP contribution in [0, 0.1) is 0 Å². The van der Waals surface area contributed by atoms with Crippen molar-refractivity contribution in [1.82, 2.24) is 19.9 Å². The van der Waals surface area contributed by atoms with Gasteiger partial charge in [-0.2, -0.15) is 0 Å². The number of hydrogen-bond acceptors (Lipinski definition) is 5. The van der Waals surface area contributed by atoms with Crippen LogP contribution in [0.4, 0.5) is 0 Å². The zero-order valence-electron chi connectivity index (χ0n) is 14.3. The lowest BCUT2D eigenvalue weighted by atomic mass is 9.94. The van der Waals surface area contributed by atoms with E-state index in [1.165, 1.54) is 4.90 Å². The van der Waals surface area contributed by atoms with Crippen molar-refractivity contribution in [3.8, 4) is 0 Å². The van der Waals surface area contributed by atoms with Crippen LogP contribution in [0.3, 0.4) is 0 Å². The molecule has 0 bridgehead atoms. The van der Waals surface area contributed by atoms with Gasteiger partial charge in [-0.15, -0.1) is 5.10 Å². The highest BCUT2D eigenvalue weighted by atomic mass is 16.4. The molecule has 8 heteroatoms. The van der Waals surface area contributed by atoms with Crippen LogP contribution in [0.2, 0.25) is 0 Å². The maximum Gasteiger partial charge on any atom is 0.326 e. The second-order valence-electron chi connectivity index (χ2n) is 6.42. The van der Waals surface area contributed by atoms with Gasteiger partial charge in [0.2, 0.25) is 5.91 Å². The van der Waals surface area contributed by atoms with Gasteiger partial charge < -0.3 is 10.0 Å². The van der Waals surface area contributed by atoms with Gasteiger partial charge in [0.05, 0.1) is 5.39 Å². The molecule has 136 valence electrons. The number of carbonyl (C=O) groups excluding carboxylic acids is 1. The molecule has 1 atom stereocenters. The van der Waals surface area contributed by atoms with Gasteiger partial charge in [0.25, 0.3) is 5.56 Å². The number of aromatic nitrogens is 3. The van der Waals surface area contributed by atoms with Gasteiger partial charge in [-0.25, -0.2) is 9.48 Å². The van der Waals surface area contributed by atoms with Gasteiger partial charge >= 0.3 is 5.97 Å². The van der Waals surface area contributed by atoms with Crippen LogP contribution in [0.1, 0.15) is 11.1 Å². The highest BCUT2D eigenvalue weighted by molar-refractivity contribution is 5.84. The van der Waals surface area contributed by atoms with E-state index in [-0.39, 0.29) is 19.5 Å². The quantitative estimate of drug-likeness (QED) is 0.738. The number of hydrogen-bond donors (Lipinski definition) is 1. The third-order valence-electron chi connectivity index (χ3n) is 4.77. The van der Waals surface area contributed by atoms with E-state index >= 15 is 0 Å². The van der Waals surface area contributed by atoms with E-state index in [0.29, 0.717) is 10.9 Å². The summed E-state index contributed by atoms with van der Waals surface area (Å²) in [7, 11) is 0. The van der Waals surface area contributed by atoms with Crippen molar-refractivity contribution in [2.45, 2.75) is 25.6 Å². The van der Waals surface area contributed by atoms with E-state index in [1.54, 1.807) is 24.3 Å². The molecule has 1 aromatic heterocycles. The van der Waals surface area contributed by atoms with Crippen molar-refractivity contribution in [2.75, 3.05) is 0 Å². The molecule has 8 nitrogen and oxygen atoms in total. The summed E-state index contributed by atoms with van der Waals surface area (Å²) in [5.74, 6) is -1.56. The van der Waals surface area contributed by atoms with E-state index in [0.717, 1.165) is 15.8 Å². The van der Waals surface area contributed by atoms with Crippen molar-refractivity contribution >= 4 is 22.8 Å². The van der Waals surface area contributed by atoms with Gasteiger partial charge in [-0.05, 0) is 23.3 Å². The summed E-state index contributed by atoms with van der Waals surface area (Å²) in [6.45, 7) is -0.176. The van der Waals surface area contributed by atoms with Crippen molar-refractivity contribution in [3.05, 3.63) is 70.0 Å². The maximum atomic E-state index is 12.8. The van der Waals surface area contributed by atoms with E-state index < -0.39 is 23.5 Å². The standard InChI is InChI=1S/C19H16N4O4/c24-17(11-23-18(25)14-7-3-4-8-15(14)20-21-23)22-10-13-6-2-1-5-12(13)9-16(22)19(26)27/h1-8,16H,9-11H2,(H,26,27). The number of rotatable bonds is 3. The van der Waals surface area contributed by atoms with Crippen molar-refractivity contribution in [1.29, 1.82) is 0 Å². The highest BCUT2D eigenvalue weighted by Crippen LogP contribution is 2.23. The molecule has 0 saturated carbocycles. The van der Waals surface area contributed by atoms with Gasteiger partial charge in [0.15, 0.2) is 0 Å². The lowest BCUT2D eigenvalue weighted by Crippen LogP contribution is -2.50. The Kier molecular flexibility index (Phi) is 4.15. The predicted octanol–water partition coefficient (Wildman–Crippen LogP) is 0.830. The number of aliphatic carboxylic acids is 1. The lowest BCUT2D eigenvalue weighted by Gasteiger charge is -2.34. The number of carboxylic acids is 1. The Labute approximate surface area is 153 Å². The molecule has 4 rings (SSSR count). The molecule has 0 spiro atoms. The van der Waals surface area contributed by atoms with Crippen LogP contribution in [0.15, 0.2) is 53.3 Å². The second-order valence-corrected chi connectivity index (χ2v) is 6.42. The van der Waals surface area contributed by atoms with Gasteiger partial charge in [0.1, 0.15) is 18.1 Å². The number of carbonyl (C=O) groups is 2. The van der Waals surface area contributed by atoms with Gasteiger partial charge in [0, 0.05) is 13.0 Å². The lowest BCUT2D eigenvalue weighted by molar-refractivity contribution is -0.151. The summed E-state index contributed by atoms with van der Waals surface area (Å²) >= 11 is 0. The number of nitrogens with zero attached hydrogens (tertiary/aromatic N) is 4. The van der Waals surface area contributed by atoms with Crippen LogP contribution in [0.25, 0.3) is 10.9 Å². The zero-order chi connectivity index (χ0) is 19.0. The Hall–Kier alpha value is -3.55. The van der Waals surface area contributed by atoms with Gasteiger partial charge in [-0.3, -0.25) is 9.59 Å². The largest absolute Gasteiger partial charge is 0.480 e. The van der Waals surface area contributed by atoms with Crippen LogP contribution < -0.4 is 5.56 Å². The molecular formula is C19H16N4O4. The number of amides is 1. The van der Waals surface area contributed by atoms with E-state index in [2.05, 4.69) is 10.3 Å². The van der Waals surface area contributed by atoms with E-state index in [9.17, 15) is 19.5 Å². The van der Waals surface area contributed by atoms with Crippen molar-refractivity contribution < 1.29 is 14.7 Å². The van der Waals surface area contributed by atoms with Crippen molar-refractivity contribution in [2.24, 2.45) is 0 Å². The minimum absolute atomic E-state index is 0.182. The first-order chi connectivity index (χ1) is 13.0. The van der Waals surface area contributed by atoms with Crippen molar-refractivity contribution in [3.63, 3.8) is 0 Å². The average Bonchev–Trinajstić information content (AvgIpc) is 2.69. The normalized spacial score (nSPS) is 16.1. The number of carboxylic acid groups (broad SMARTS) is 1. The van der Waals surface area contributed by atoms with Crippen LogP contribution >= 0.6 is 0 Å². The summed E-state index contributed by atoms with van der Waals surface area (Å²) in [5, 5.41) is 17.7. The third kappa shape index (κ3) is 3.05. The Balaban J connectivity index is 1.65. The second kappa shape index (κ2) is 6.64. The molecule has 27 heavy (non-hydrogen) atoms. The molecular weight excluding hydrogens is 348 g/mol. The average molecular weight is 364 g/mol. The minimum atomic E-state index is -1.07. The zero-order valence-corrected chi connectivity index (χ0v) is 14.3. The number of benzene rings is 2. The van der Waals surface area contributed by atoms with Gasteiger partial charge in [-0.1, -0.05) is 41.6 Å². The fourth-order valence-electron chi connectivity index (χ4n) is 3.35. The van der Waals surface area contributed by atoms with E-state index in [1.807, 2.05) is 24.3 Å². The molecule has 3 aromatic rings. The molecule has 0 radical (unpaired) electrons. The molecule has 1 amide bonds. The first kappa shape index (κ1) is 16.9. The molecule has 0 saturated heterocycles. The monoisotopic (exact) mass is 364 g/mol. The molecule has 0 fully saturated rings. The van der Waals surface area contributed by atoms with Crippen LogP contribution in [-0.2, 0) is 29.1 Å². The molecule has 2 heterocycles. The smallest absolute Gasteiger partial charge is 0.326 e. The highest BCUT2D eigenvalue weighted by Gasteiger charge is 2.34. The predicted molar refractivity (Wildman–Crippen MR) is 95.9 cm³/mol. The fraction of sp³-hybridized carbons (Fsp3) is 0.211. The summed E-state index contributed by atoms with van der Waals surface area (Å²) in [6.07, 6.45) is 0.232. The van der Waals surface area contributed by atoms with Crippen LogP contribution in [0.5, 0.6) is 0 Å². The molecule has 1 aliphatic rings. The Morgan fingerprint density at radius 1 is 1.07 bits per heavy atom. The Morgan fingerprint density at radius 3 is 2.56 bits per heavy atom. The third-order valence-corrected chi connectivity index (χ3v) is 4.77. The number of fused-ring (bicyclic) bond motifs is 2. The topological polar surface area (TPSA) is 105 Å². The molecule has 0 aliphatic carbocycles. The summed E-state index contributed by atoms with van der Waals surface area (Å²) in [5.41, 5.74) is 1.83. The Bertz CT molecular complexity index is 1110. The molecule has 1 N–H and O–H groups in total. The summed E-state index contributed by atoms with van der Waals surface area (Å²) in [4.78, 5) is 38.3. The maximum absolute atomic E-state index is 12.8. The van der Waals surface area contributed by atoms with Crippen LogP contribution in [-0.4, -0.2) is 42.9 Å². The summed E-state index contributed by atoms with van der Waals surface area (Å²) in [6, 6.07) is 13.2. The molecule has 2 aromatic carbocycles. The minimum Gasteiger partial charge on any atom is -0.480 e. The first-order valence-electron chi connectivity index (χ1n) is 8.46. The first-order valence-corrected chi connectivity index (χ1v) is 8.46.